The SMILES string of the molecule is CCOC(=O)C1CCc2cc(C#Cc3snc(C)c3NC(=O)OC(C)c3ccccc3)ccc2C1. The first kappa shape index (κ1) is 24.5. The van der Waals surface area contributed by atoms with Gasteiger partial charge in [0.1, 0.15) is 11.0 Å². The third-order valence-corrected chi connectivity index (χ3v) is 6.87. The maximum Gasteiger partial charge on any atom is 0.412 e. The quantitative estimate of drug-likeness (QED) is 0.361. The molecule has 0 saturated heterocycles. The highest BCUT2D eigenvalue weighted by Gasteiger charge is 2.25. The molecule has 1 N–H and O–H groups in total. The van der Waals surface area contributed by atoms with Gasteiger partial charge in [-0.2, -0.15) is 4.37 Å². The summed E-state index contributed by atoms with van der Waals surface area (Å²) >= 11 is 1.24. The lowest BCUT2D eigenvalue weighted by molar-refractivity contribution is -0.148. The first-order valence-corrected chi connectivity index (χ1v) is 12.5. The van der Waals surface area contributed by atoms with Crippen molar-refractivity contribution in [2.75, 3.05) is 11.9 Å². The predicted molar refractivity (Wildman–Crippen MR) is 136 cm³/mol. The van der Waals surface area contributed by atoms with E-state index in [1.165, 1.54) is 22.7 Å². The summed E-state index contributed by atoms with van der Waals surface area (Å²) in [6, 6.07) is 15.7. The summed E-state index contributed by atoms with van der Waals surface area (Å²) in [6.07, 6.45) is 1.39. The van der Waals surface area contributed by atoms with E-state index in [2.05, 4.69) is 27.6 Å². The average Bonchev–Trinajstić information content (AvgIpc) is 3.21. The number of nitrogens with one attached hydrogen (secondary N) is 1. The summed E-state index contributed by atoms with van der Waals surface area (Å²) in [4.78, 5) is 25.3. The van der Waals surface area contributed by atoms with E-state index in [9.17, 15) is 9.59 Å². The number of ether oxygens (including phenoxy) is 2. The van der Waals surface area contributed by atoms with E-state index in [1.807, 2.05) is 63.2 Å². The molecule has 1 aromatic heterocycles. The van der Waals surface area contributed by atoms with E-state index in [0.717, 1.165) is 24.0 Å². The molecule has 4 rings (SSSR count). The van der Waals surface area contributed by atoms with Gasteiger partial charge in [-0.15, -0.1) is 0 Å². The van der Waals surface area contributed by atoms with E-state index in [-0.39, 0.29) is 18.0 Å². The molecule has 2 atom stereocenters. The zero-order valence-electron chi connectivity index (χ0n) is 20.1. The molecule has 2 unspecified atom stereocenters. The molecule has 1 aliphatic carbocycles. The van der Waals surface area contributed by atoms with Gasteiger partial charge < -0.3 is 9.47 Å². The zero-order valence-corrected chi connectivity index (χ0v) is 20.9. The van der Waals surface area contributed by atoms with Crippen LogP contribution in [0.5, 0.6) is 0 Å². The van der Waals surface area contributed by atoms with Crippen molar-refractivity contribution in [2.45, 2.75) is 46.1 Å². The van der Waals surface area contributed by atoms with E-state index in [0.29, 0.717) is 29.3 Å². The van der Waals surface area contributed by atoms with Crippen LogP contribution in [0.3, 0.4) is 0 Å². The van der Waals surface area contributed by atoms with Crippen LogP contribution in [0.4, 0.5) is 10.5 Å². The lowest BCUT2D eigenvalue weighted by Crippen LogP contribution is -2.24. The minimum atomic E-state index is -0.544. The number of nitrogens with zero attached hydrogens (tertiary/aromatic N) is 1. The molecular formula is C28H28N2O4S. The van der Waals surface area contributed by atoms with Gasteiger partial charge in [0.15, 0.2) is 0 Å². The molecule has 6 nitrogen and oxygen atoms in total. The number of hydrogen-bond acceptors (Lipinski definition) is 6. The Morgan fingerprint density at radius 2 is 1.97 bits per heavy atom. The number of amides is 1. The molecule has 2 aromatic carbocycles. The highest BCUT2D eigenvalue weighted by Crippen LogP contribution is 2.28. The van der Waals surface area contributed by atoms with Crippen molar-refractivity contribution in [3.63, 3.8) is 0 Å². The topological polar surface area (TPSA) is 77.5 Å². The molecule has 0 saturated carbocycles. The number of rotatable bonds is 5. The molecule has 180 valence electrons. The fourth-order valence-corrected chi connectivity index (χ4v) is 4.82. The van der Waals surface area contributed by atoms with Crippen LogP contribution in [0.2, 0.25) is 0 Å². The standard InChI is InChI=1S/C28H28N2O4S/c1-4-33-27(31)24-14-13-22-16-20(10-12-23(22)17-24)11-15-25-26(18(2)30-35-25)29-28(32)34-19(3)21-8-6-5-7-9-21/h5-10,12,16,19,24H,4,13-14,17H2,1-3H3,(H,29,32). The Kier molecular flexibility index (Phi) is 7.84. The van der Waals surface area contributed by atoms with Gasteiger partial charge in [-0.3, -0.25) is 10.1 Å². The number of aromatic nitrogens is 1. The largest absolute Gasteiger partial charge is 0.466 e. The first-order valence-electron chi connectivity index (χ1n) is 11.7. The van der Waals surface area contributed by atoms with E-state index < -0.39 is 6.09 Å². The van der Waals surface area contributed by atoms with Crippen molar-refractivity contribution in [2.24, 2.45) is 5.92 Å². The number of fused-ring (bicyclic) bond motifs is 1. The van der Waals surface area contributed by atoms with Gasteiger partial charge in [0.25, 0.3) is 0 Å². The summed E-state index contributed by atoms with van der Waals surface area (Å²) in [6.45, 7) is 5.91. The molecule has 1 amide bonds. The van der Waals surface area contributed by atoms with Crippen molar-refractivity contribution in [3.8, 4) is 11.8 Å². The molecule has 35 heavy (non-hydrogen) atoms. The second-order valence-corrected chi connectivity index (χ2v) is 9.25. The average molecular weight is 489 g/mol. The van der Waals surface area contributed by atoms with E-state index in [1.54, 1.807) is 0 Å². The third kappa shape index (κ3) is 6.09. The van der Waals surface area contributed by atoms with Crippen molar-refractivity contribution in [3.05, 3.63) is 81.4 Å². The van der Waals surface area contributed by atoms with Crippen LogP contribution in [0, 0.1) is 24.7 Å². The van der Waals surface area contributed by atoms with Crippen LogP contribution in [0.15, 0.2) is 48.5 Å². The summed E-state index contributed by atoms with van der Waals surface area (Å²) in [5, 5.41) is 2.81. The number of benzene rings is 2. The number of carbonyl (C=O) groups is 2. The second-order valence-electron chi connectivity index (χ2n) is 8.48. The number of anilines is 1. The maximum absolute atomic E-state index is 12.5. The van der Waals surface area contributed by atoms with Crippen molar-refractivity contribution in [1.29, 1.82) is 0 Å². The van der Waals surface area contributed by atoms with Crippen molar-refractivity contribution < 1.29 is 19.1 Å². The van der Waals surface area contributed by atoms with E-state index >= 15 is 0 Å². The van der Waals surface area contributed by atoms with Gasteiger partial charge in [0, 0.05) is 5.56 Å². The molecule has 0 radical (unpaired) electrons. The number of esters is 1. The van der Waals surface area contributed by atoms with Crippen LogP contribution in [0.25, 0.3) is 0 Å². The highest BCUT2D eigenvalue weighted by molar-refractivity contribution is 7.07. The summed E-state index contributed by atoms with van der Waals surface area (Å²) in [5.41, 5.74) is 5.46. The Balaban J connectivity index is 1.44. The Hall–Kier alpha value is -3.63. The third-order valence-electron chi connectivity index (χ3n) is 6.02. The molecule has 1 aliphatic rings. The van der Waals surface area contributed by atoms with Crippen LogP contribution >= 0.6 is 11.5 Å². The van der Waals surface area contributed by atoms with Gasteiger partial charge in [0.2, 0.25) is 0 Å². The minimum absolute atomic E-state index is 0.0717. The Morgan fingerprint density at radius 1 is 1.17 bits per heavy atom. The summed E-state index contributed by atoms with van der Waals surface area (Å²) < 4.78 is 15.1. The Morgan fingerprint density at radius 3 is 2.74 bits per heavy atom. The number of carbonyl (C=O) groups excluding carboxylic acids is 2. The van der Waals surface area contributed by atoms with Gasteiger partial charge in [-0.05, 0) is 86.3 Å². The Bertz CT molecular complexity index is 1270. The molecule has 0 spiro atoms. The first-order chi connectivity index (χ1) is 16.9. The zero-order chi connectivity index (χ0) is 24.8. The van der Waals surface area contributed by atoms with Crippen LogP contribution in [-0.4, -0.2) is 23.0 Å². The predicted octanol–water partition coefficient (Wildman–Crippen LogP) is 5.83. The van der Waals surface area contributed by atoms with Crippen molar-refractivity contribution in [1.82, 2.24) is 4.37 Å². The lowest BCUT2D eigenvalue weighted by Gasteiger charge is -2.23. The lowest BCUT2D eigenvalue weighted by atomic mass is 9.83. The number of hydrogen-bond donors (Lipinski definition) is 1. The molecular weight excluding hydrogens is 460 g/mol. The normalized spacial score (nSPS) is 15.2. The molecule has 7 heteroatoms. The minimum Gasteiger partial charge on any atom is -0.466 e. The van der Waals surface area contributed by atoms with Crippen LogP contribution in [0.1, 0.15) is 59.2 Å². The van der Waals surface area contributed by atoms with Gasteiger partial charge in [0.05, 0.1) is 23.9 Å². The van der Waals surface area contributed by atoms with Gasteiger partial charge in [-0.25, -0.2) is 4.79 Å². The molecule has 3 aromatic rings. The molecule has 0 bridgehead atoms. The monoisotopic (exact) mass is 488 g/mol. The molecule has 0 aliphatic heterocycles. The second kappa shape index (κ2) is 11.2. The maximum atomic E-state index is 12.5. The molecule has 1 heterocycles. The Labute approximate surface area is 209 Å². The number of aryl methyl sites for hydroxylation is 2. The van der Waals surface area contributed by atoms with Crippen LogP contribution < -0.4 is 5.32 Å². The smallest absolute Gasteiger partial charge is 0.412 e. The fourth-order valence-electron chi connectivity index (χ4n) is 4.11. The van der Waals surface area contributed by atoms with Gasteiger partial charge in [-0.1, -0.05) is 42.3 Å². The summed E-state index contributed by atoms with van der Waals surface area (Å²) in [7, 11) is 0. The van der Waals surface area contributed by atoms with Crippen LogP contribution in [-0.2, 0) is 27.1 Å². The fraction of sp³-hybridized carbons (Fsp3) is 0.321. The van der Waals surface area contributed by atoms with Crippen molar-refractivity contribution >= 4 is 29.3 Å². The molecule has 0 fully saturated rings. The highest BCUT2D eigenvalue weighted by atomic mass is 32.1. The van der Waals surface area contributed by atoms with Gasteiger partial charge >= 0.3 is 12.1 Å². The summed E-state index contributed by atoms with van der Waals surface area (Å²) in [5.74, 6) is 6.17. The van der Waals surface area contributed by atoms with E-state index in [4.69, 9.17) is 9.47 Å².